The first-order valence-corrected chi connectivity index (χ1v) is 6.93. The minimum atomic E-state index is -4.60. The monoisotopic (exact) mass is 379 g/mol. The highest BCUT2D eigenvalue weighted by molar-refractivity contribution is 9.10. The average molecular weight is 380 g/mol. The Kier molecular flexibility index (Phi) is 4.32. The summed E-state index contributed by atoms with van der Waals surface area (Å²) in [5, 5.41) is 7.65. The molecule has 120 valence electrons. The molecule has 6 nitrogen and oxygen atoms in total. The van der Waals surface area contributed by atoms with Crippen molar-refractivity contribution in [3.63, 3.8) is 0 Å². The maximum Gasteiger partial charge on any atom is 0.434 e. The van der Waals surface area contributed by atoms with E-state index >= 15 is 0 Å². The number of nitrogens with zero attached hydrogens (tertiary/aromatic N) is 5. The Hall–Kier alpha value is -1.84. The molecule has 0 atom stereocenters. The van der Waals surface area contributed by atoms with Crippen LogP contribution in [0.15, 0.2) is 16.9 Å². The highest BCUT2D eigenvalue weighted by Gasteiger charge is 2.40. The Morgan fingerprint density at radius 3 is 2.50 bits per heavy atom. The van der Waals surface area contributed by atoms with Gasteiger partial charge in [0, 0.05) is 39.4 Å². The number of amides is 1. The van der Waals surface area contributed by atoms with Crippen LogP contribution >= 0.6 is 15.9 Å². The molecule has 0 spiro atoms. The first-order valence-electron chi connectivity index (χ1n) is 6.14. The predicted molar refractivity (Wildman–Crippen MR) is 74.9 cm³/mol. The van der Waals surface area contributed by atoms with Gasteiger partial charge in [-0.05, 0) is 15.9 Å². The van der Waals surface area contributed by atoms with E-state index in [1.54, 1.807) is 24.1 Å². The molecule has 0 unspecified atom stereocenters. The summed E-state index contributed by atoms with van der Waals surface area (Å²) in [5.74, 6) is -0.609. The number of rotatable bonds is 3. The minimum absolute atomic E-state index is 0.219. The smallest absolute Gasteiger partial charge is 0.336 e. The molecule has 2 rings (SSSR count). The highest BCUT2D eigenvalue weighted by Crippen LogP contribution is 2.36. The number of carbonyl (C=O) groups excluding carboxylic acids is 1. The molecular weight excluding hydrogens is 367 g/mol. The van der Waals surface area contributed by atoms with Crippen LogP contribution in [0.4, 0.5) is 13.2 Å². The van der Waals surface area contributed by atoms with Crippen LogP contribution in [0.25, 0.3) is 0 Å². The van der Waals surface area contributed by atoms with Gasteiger partial charge in [-0.25, -0.2) is 0 Å². The highest BCUT2D eigenvalue weighted by atomic mass is 79.9. The Morgan fingerprint density at radius 1 is 1.41 bits per heavy atom. The van der Waals surface area contributed by atoms with Gasteiger partial charge in [0.1, 0.15) is 0 Å². The van der Waals surface area contributed by atoms with Crippen molar-refractivity contribution in [3.05, 3.63) is 33.8 Å². The van der Waals surface area contributed by atoms with Gasteiger partial charge in [0.2, 0.25) is 0 Å². The summed E-state index contributed by atoms with van der Waals surface area (Å²) in [5.41, 5.74) is -0.506. The lowest BCUT2D eigenvalue weighted by molar-refractivity contribution is -0.144. The molecule has 0 aliphatic carbocycles. The number of aryl methyl sites for hydroxylation is 2. The maximum atomic E-state index is 12.9. The lowest BCUT2D eigenvalue weighted by atomic mass is 10.3. The molecular formula is C12H13BrF3N5O. The molecule has 1 amide bonds. The van der Waals surface area contributed by atoms with Crippen molar-refractivity contribution in [1.82, 2.24) is 24.5 Å². The number of halogens is 4. The van der Waals surface area contributed by atoms with Crippen molar-refractivity contribution in [2.24, 2.45) is 14.1 Å². The summed E-state index contributed by atoms with van der Waals surface area (Å²) >= 11 is 2.83. The minimum Gasteiger partial charge on any atom is -0.336 e. The fraction of sp³-hybridized carbons (Fsp3) is 0.417. The van der Waals surface area contributed by atoms with E-state index < -0.39 is 17.8 Å². The van der Waals surface area contributed by atoms with Crippen LogP contribution in [0.5, 0.6) is 0 Å². The molecule has 10 heteroatoms. The fourth-order valence-electron chi connectivity index (χ4n) is 2.02. The zero-order chi connectivity index (χ0) is 16.7. The fourth-order valence-corrected chi connectivity index (χ4v) is 2.75. The van der Waals surface area contributed by atoms with E-state index in [9.17, 15) is 18.0 Å². The molecule has 2 aromatic heterocycles. The van der Waals surface area contributed by atoms with E-state index in [4.69, 9.17) is 0 Å². The third-order valence-electron chi connectivity index (χ3n) is 2.99. The van der Waals surface area contributed by atoms with Gasteiger partial charge in [0.25, 0.3) is 5.91 Å². The standard InChI is InChI=1S/C12H13BrF3N5O/c1-19(5-7-4-17-20(2)6-7)11(22)9-8(13)10(12(14,15)16)21(3)18-9/h4,6H,5H2,1-3H3. The maximum absolute atomic E-state index is 12.9. The number of hydrogen-bond donors (Lipinski definition) is 0. The normalized spacial score (nSPS) is 11.8. The van der Waals surface area contributed by atoms with Crippen LogP contribution in [0.1, 0.15) is 21.7 Å². The van der Waals surface area contributed by atoms with Gasteiger partial charge >= 0.3 is 6.18 Å². The molecule has 22 heavy (non-hydrogen) atoms. The second kappa shape index (κ2) is 5.75. The second-order valence-corrected chi connectivity index (χ2v) is 5.61. The Balaban J connectivity index is 2.26. The molecule has 0 aliphatic heterocycles. The van der Waals surface area contributed by atoms with Gasteiger partial charge in [-0.2, -0.15) is 23.4 Å². The molecule has 0 radical (unpaired) electrons. The zero-order valence-corrected chi connectivity index (χ0v) is 13.6. The Morgan fingerprint density at radius 2 is 2.05 bits per heavy atom. The molecule has 0 N–H and O–H groups in total. The van der Waals surface area contributed by atoms with Gasteiger partial charge in [0.05, 0.1) is 10.7 Å². The van der Waals surface area contributed by atoms with Crippen molar-refractivity contribution in [2.45, 2.75) is 12.7 Å². The Labute approximate surface area is 132 Å². The van der Waals surface area contributed by atoms with Crippen molar-refractivity contribution >= 4 is 21.8 Å². The van der Waals surface area contributed by atoms with Gasteiger partial charge < -0.3 is 4.90 Å². The number of hydrogen-bond acceptors (Lipinski definition) is 3. The van der Waals surface area contributed by atoms with Gasteiger partial charge in [0.15, 0.2) is 11.4 Å². The summed E-state index contributed by atoms with van der Waals surface area (Å²) in [6.07, 6.45) is -1.29. The van der Waals surface area contributed by atoms with Crippen molar-refractivity contribution in [2.75, 3.05) is 7.05 Å². The SMILES string of the molecule is CN(Cc1cnn(C)c1)C(=O)c1nn(C)c(C(F)(F)F)c1Br. The molecule has 0 bridgehead atoms. The van der Waals surface area contributed by atoms with Crippen molar-refractivity contribution < 1.29 is 18.0 Å². The molecule has 0 saturated heterocycles. The van der Waals surface area contributed by atoms with E-state index in [0.717, 1.165) is 12.6 Å². The predicted octanol–water partition coefficient (Wildman–Crippen LogP) is 2.21. The van der Waals surface area contributed by atoms with Crippen LogP contribution in [-0.2, 0) is 26.8 Å². The molecule has 0 aromatic carbocycles. The van der Waals surface area contributed by atoms with Crippen LogP contribution < -0.4 is 0 Å². The third kappa shape index (κ3) is 3.16. The zero-order valence-electron chi connectivity index (χ0n) is 12.0. The topological polar surface area (TPSA) is 56.0 Å². The summed E-state index contributed by atoms with van der Waals surface area (Å²) in [4.78, 5) is 13.6. The number of aromatic nitrogens is 4. The first-order chi connectivity index (χ1) is 10.1. The van der Waals surface area contributed by atoms with Crippen LogP contribution in [0.3, 0.4) is 0 Å². The number of carbonyl (C=O) groups is 1. The third-order valence-corrected chi connectivity index (χ3v) is 3.74. The van der Waals surface area contributed by atoms with Gasteiger partial charge in [-0.1, -0.05) is 0 Å². The van der Waals surface area contributed by atoms with Crippen LogP contribution in [-0.4, -0.2) is 37.4 Å². The van der Waals surface area contributed by atoms with E-state index in [2.05, 4.69) is 26.1 Å². The van der Waals surface area contributed by atoms with Gasteiger partial charge in [-0.15, -0.1) is 0 Å². The second-order valence-electron chi connectivity index (χ2n) is 4.82. The molecule has 2 aromatic rings. The lowest BCUT2D eigenvalue weighted by Crippen LogP contribution is -2.26. The van der Waals surface area contributed by atoms with Gasteiger partial charge in [-0.3, -0.25) is 14.2 Å². The summed E-state index contributed by atoms with van der Waals surface area (Å²) < 4.78 is 40.6. The van der Waals surface area contributed by atoms with E-state index in [1.165, 1.54) is 11.9 Å². The molecule has 0 saturated carbocycles. The Bertz CT molecular complexity index is 706. The quantitative estimate of drug-likeness (QED) is 0.821. The summed E-state index contributed by atoms with van der Waals surface area (Å²) in [6, 6.07) is 0. The lowest BCUT2D eigenvalue weighted by Gasteiger charge is -2.14. The van der Waals surface area contributed by atoms with Crippen molar-refractivity contribution in [1.29, 1.82) is 0 Å². The van der Waals surface area contributed by atoms with Crippen molar-refractivity contribution in [3.8, 4) is 0 Å². The van der Waals surface area contributed by atoms with E-state index in [0.29, 0.717) is 4.68 Å². The average Bonchev–Trinajstić information content (AvgIpc) is 2.91. The molecule has 2 heterocycles. The van der Waals surface area contributed by atoms with E-state index in [1.807, 2.05) is 0 Å². The summed E-state index contributed by atoms with van der Waals surface area (Å²) in [6.45, 7) is 0.219. The molecule has 0 fully saturated rings. The van der Waals surface area contributed by atoms with E-state index in [-0.39, 0.29) is 16.7 Å². The van der Waals surface area contributed by atoms with Crippen LogP contribution in [0, 0.1) is 0 Å². The largest absolute Gasteiger partial charge is 0.434 e. The summed E-state index contributed by atoms with van der Waals surface area (Å²) in [7, 11) is 4.37. The van der Waals surface area contributed by atoms with Crippen LogP contribution in [0.2, 0.25) is 0 Å². The molecule has 0 aliphatic rings. The number of alkyl halides is 3. The first kappa shape index (κ1) is 16.5.